The Hall–Kier alpha value is -2.98. The fourth-order valence-corrected chi connectivity index (χ4v) is 4.91. The van der Waals surface area contributed by atoms with E-state index in [4.69, 9.17) is 19.3 Å². The Morgan fingerprint density at radius 2 is 2.06 bits per heavy atom. The van der Waals surface area contributed by atoms with Gasteiger partial charge in [0, 0.05) is 36.7 Å². The van der Waals surface area contributed by atoms with Gasteiger partial charge >= 0.3 is 12.1 Å². The smallest absolute Gasteiger partial charge is 0.489 e. The van der Waals surface area contributed by atoms with Crippen LogP contribution in [0.5, 0.6) is 5.75 Å². The van der Waals surface area contributed by atoms with Gasteiger partial charge in [-0.2, -0.15) is 0 Å². The molecule has 6 atom stereocenters. The molecule has 1 fully saturated rings. The highest BCUT2D eigenvalue weighted by Gasteiger charge is 2.51. The third kappa shape index (κ3) is 7.04. The topological polar surface area (TPSA) is 102 Å². The van der Waals surface area contributed by atoms with Gasteiger partial charge in [-0.3, -0.25) is 4.79 Å². The SMILES string of the molecule is CC#CC[C@H](C)[C@H](O)/C=C/[C@@H]1[C@H]2c3cccc(CCCC(=O)O)c3O[C@H]2C[C@H]1OC(=O)OC(C)(C)C. The largest absolute Gasteiger partial charge is 0.509 e. The van der Waals surface area contributed by atoms with Crippen molar-refractivity contribution in [2.75, 3.05) is 0 Å². The summed E-state index contributed by atoms with van der Waals surface area (Å²) in [4.78, 5) is 23.4. The summed E-state index contributed by atoms with van der Waals surface area (Å²) in [5, 5.41) is 19.7. The lowest BCUT2D eigenvalue weighted by Gasteiger charge is -2.25. The first-order chi connectivity index (χ1) is 17.0. The van der Waals surface area contributed by atoms with Crippen LogP contribution >= 0.6 is 0 Å². The second-order valence-corrected chi connectivity index (χ2v) is 10.7. The van der Waals surface area contributed by atoms with Crippen LogP contribution in [0.4, 0.5) is 4.79 Å². The number of benzene rings is 1. The molecule has 0 amide bonds. The van der Waals surface area contributed by atoms with E-state index in [-0.39, 0.29) is 30.3 Å². The van der Waals surface area contributed by atoms with E-state index in [0.717, 1.165) is 16.9 Å². The minimum atomic E-state index is -0.814. The van der Waals surface area contributed by atoms with Gasteiger partial charge in [0.25, 0.3) is 0 Å². The van der Waals surface area contributed by atoms with Crippen molar-refractivity contribution in [3.8, 4) is 17.6 Å². The number of para-hydroxylation sites is 1. The number of aliphatic hydroxyl groups is 1. The second-order valence-electron chi connectivity index (χ2n) is 10.7. The molecular weight excluding hydrogens is 460 g/mol. The molecule has 0 saturated heterocycles. The summed E-state index contributed by atoms with van der Waals surface area (Å²) in [5.41, 5.74) is 1.34. The fourth-order valence-electron chi connectivity index (χ4n) is 4.91. The number of ether oxygens (including phenoxy) is 3. The van der Waals surface area contributed by atoms with Crippen LogP contribution in [0, 0.1) is 23.7 Å². The molecule has 1 aliphatic heterocycles. The highest BCUT2D eigenvalue weighted by atomic mass is 16.7. The molecule has 1 aliphatic carbocycles. The van der Waals surface area contributed by atoms with E-state index in [1.807, 2.05) is 31.2 Å². The Labute approximate surface area is 213 Å². The first-order valence-electron chi connectivity index (χ1n) is 12.7. The zero-order valence-electron chi connectivity index (χ0n) is 21.8. The molecule has 0 aromatic heterocycles. The van der Waals surface area contributed by atoms with Crippen molar-refractivity contribution >= 4 is 12.1 Å². The lowest BCUT2D eigenvalue weighted by Crippen LogP contribution is -2.30. The molecule has 36 heavy (non-hydrogen) atoms. The number of aliphatic carboxylic acids is 1. The van der Waals surface area contributed by atoms with Gasteiger partial charge in [0.15, 0.2) is 0 Å². The number of aliphatic hydroxyl groups excluding tert-OH is 1. The summed E-state index contributed by atoms with van der Waals surface area (Å²) in [5.74, 6) is 5.55. The van der Waals surface area contributed by atoms with Gasteiger partial charge in [0.1, 0.15) is 23.6 Å². The minimum Gasteiger partial charge on any atom is -0.489 e. The van der Waals surface area contributed by atoms with Gasteiger partial charge in [-0.25, -0.2) is 4.79 Å². The lowest BCUT2D eigenvalue weighted by molar-refractivity contribution is -0.137. The number of hydrogen-bond donors (Lipinski definition) is 2. The standard InChI is InChI=1S/C29H38O7/c1-6-7-10-18(2)22(30)16-15-20-23(35-28(33)36-29(3,4)5)17-24-26(20)21-13-8-11-19(27(21)34-24)12-9-14-25(31)32/h8,11,13,15-16,18,20,22-24,26,30H,9-10,12,14,17H2,1-5H3,(H,31,32)/b16-15+/t18-,20-,22+,23+,24-,26-/m0/s1. The number of rotatable bonds is 9. The Morgan fingerprint density at radius 1 is 1.31 bits per heavy atom. The van der Waals surface area contributed by atoms with Crippen LogP contribution in [0.2, 0.25) is 0 Å². The molecule has 1 aromatic carbocycles. The summed E-state index contributed by atoms with van der Waals surface area (Å²) in [6.45, 7) is 9.09. The van der Waals surface area contributed by atoms with Crippen molar-refractivity contribution in [2.24, 2.45) is 11.8 Å². The summed E-state index contributed by atoms with van der Waals surface area (Å²) in [7, 11) is 0. The van der Waals surface area contributed by atoms with Crippen molar-refractivity contribution in [3.63, 3.8) is 0 Å². The van der Waals surface area contributed by atoms with Crippen molar-refractivity contribution < 1.29 is 34.0 Å². The monoisotopic (exact) mass is 498 g/mol. The van der Waals surface area contributed by atoms with Gasteiger partial charge in [0.05, 0.1) is 6.10 Å². The van der Waals surface area contributed by atoms with Crippen molar-refractivity contribution in [1.29, 1.82) is 0 Å². The molecule has 0 bridgehead atoms. The van der Waals surface area contributed by atoms with E-state index < -0.39 is 29.9 Å². The van der Waals surface area contributed by atoms with Gasteiger partial charge < -0.3 is 24.4 Å². The Bertz CT molecular complexity index is 1030. The molecule has 1 saturated carbocycles. The quantitative estimate of drug-likeness (QED) is 0.272. The minimum absolute atomic E-state index is 0.0379. The molecular formula is C29H38O7. The third-order valence-corrected chi connectivity index (χ3v) is 6.65. The van der Waals surface area contributed by atoms with Gasteiger partial charge in [0.2, 0.25) is 0 Å². The van der Waals surface area contributed by atoms with Crippen LogP contribution in [0.25, 0.3) is 0 Å². The molecule has 2 N–H and O–H groups in total. The van der Waals surface area contributed by atoms with Crippen LogP contribution in [-0.4, -0.2) is 46.3 Å². The van der Waals surface area contributed by atoms with E-state index in [0.29, 0.717) is 25.7 Å². The zero-order chi connectivity index (χ0) is 26.5. The molecule has 0 unspecified atom stereocenters. The highest BCUT2D eigenvalue weighted by molar-refractivity contribution is 5.66. The zero-order valence-corrected chi connectivity index (χ0v) is 21.8. The Kier molecular flexibility index (Phi) is 9.08. The summed E-state index contributed by atoms with van der Waals surface area (Å²) < 4.78 is 17.5. The number of hydrogen-bond acceptors (Lipinski definition) is 6. The third-order valence-electron chi connectivity index (χ3n) is 6.65. The normalized spacial score (nSPS) is 24.2. The van der Waals surface area contributed by atoms with Gasteiger partial charge in [-0.05, 0) is 52.0 Å². The fraction of sp³-hybridized carbons (Fsp3) is 0.586. The van der Waals surface area contributed by atoms with Crippen LogP contribution in [-0.2, 0) is 20.7 Å². The maximum atomic E-state index is 12.5. The number of carboxylic acids is 1. The second kappa shape index (κ2) is 11.8. The summed E-state index contributed by atoms with van der Waals surface area (Å²) in [6.07, 6.45) is 3.98. The molecule has 7 nitrogen and oxygen atoms in total. The van der Waals surface area contributed by atoms with E-state index in [9.17, 15) is 14.7 Å². The van der Waals surface area contributed by atoms with Gasteiger partial charge in [-0.1, -0.05) is 37.3 Å². The number of carbonyl (C=O) groups excluding carboxylic acids is 1. The van der Waals surface area contributed by atoms with Gasteiger partial charge in [-0.15, -0.1) is 11.8 Å². The maximum absolute atomic E-state index is 12.5. The molecule has 1 heterocycles. The predicted molar refractivity (Wildman–Crippen MR) is 136 cm³/mol. The Morgan fingerprint density at radius 3 is 2.72 bits per heavy atom. The van der Waals surface area contributed by atoms with E-state index in [1.165, 1.54) is 0 Å². The lowest BCUT2D eigenvalue weighted by atomic mass is 9.86. The predicted octanol–water partition coefficient (Wildman–Crippen LogP) is 5.25. The number of carboxylic acid groups (broad SMARTS) is 1. The summed E-state index contributed by atoms with van der Waals surface area (Å²) >= 11 is 0. The van der Waals surface area contributed by atoms with Crippen LogP contribution in [0.1, 0.15) is 77.3 Å². The maximum Gasteiger partial charge on any atom is 0.509 e. The first-order valence-corrected chi connectivity index (χ1v) is 12.7. The van der Waals surface area contributed by atoms with Crippen molar-refractivity contribution in [3.05, 3.63) is 41.5 Å². The molecule has 1 aromatic rings. The average Bonchev–Trinajstić information content (AvgIpc) is 3.30. The van der Waals surface area contributed by atoms with Crippen molar-refractivity contribution in [1.82, 2.24) is 0 Å². The Balaban J connectivity index is 1.85. The highest BCUT2D eigenvalue weighted by Crippen LogP contribution is 2.53. The molecule has 196 valence electrons. The number of carbonyl (C=O) groups is 2. The number of aryl methyl sites for hydroxylation is 1. The van der Waals surface area contributed by atoms with E-state index in [1.54, 1.807) is 33.8 Å². The number of fused-ring (bicyclic) bond motifs is 3. The first kappa shape index (κ1) is 27.6. The van der Waals surface area contributed by atoms with Crippen LogP contribution in [0.15, 0.2) is 30.4 Å². The average molecular weight is 499 g/mol. The molecule has 2 aliphatic rings. The van der Waals surface area contributed by atoms with E-state index in [2.05, 4.69) is 11.8 Å². The van der Waals surface area contributed by atoms with Crippen molar-refractivity contribution in [2.45, 2.75) is 96.6 Å². The molecule has 0 spiro atoms. The van der Waals surface area contributed by atoms with E-state index >= 15 is 0 Å². The summed E-state index contributed by atoms with van der Waals surface area (Å²) in [6, 6.07) is 5.96. The molecule has 0 radical (unpaired) electrons. The molecule has 3 rings (SSSR count). The van der Waals surface area contributed by atoms with Crippen LogP contribution < -0.4 is 4.74 Å². The van der Waals surface area contributed by atoms with Crippen LogP contribution in [0.3, 0.4) is 0 Å². The molecule has 7 heteroatoms.